The van der Waals surface area contributed by atoms with Gasteiger partial charge in [-0.3, -0.25) is 13.8 Å². The van der Waals surface area contributed by atoms with Crippen LogP contribution in [0.3, 0.4) is 0 Å². The lowest BCUT2D eigenvalue weighted by Crippen LogP contribution is -2.42. The predicted octanol–water partition coefficient (Wildman–Crippen LogP) is 0.795. The molecule has 8 heteroatoms. The summed E-state index contributed by atoms with van der Waals surface area (Å²) in [6.07, 6.45) is -0.00768. The van der Waals surface area contributed by atoms with Crippen LogP contribution in [0.4, 0.5) is 0 Å². The van der Waals surface area contributed by atoms with Crippen LogP contribution in [0.25, 0.3) is 0 Å². The monoisotopic (exact) mass is 355 g/mol. The quantitative estimate of drug-likeness (QED) is 0.658. The van der Waals surface area contributed by atoms with Gasteiger partial charge >= 0.3 is 11.9 Å². The molecule has 0 aliphatic rings. The van der Waals surface area contributed by atoms with Gasteiger partial charge in [-0.05, 0) is 18.6 Å². The first-order chi connectivity index (χ1) is 11.5. The number of benzene rings is 1. The molecule has 0 saturated carbocycles. The molecule has 1 rings (SSSR count). The van der Waals surface area contributed by atoms with Gasteiger partial charge in [0.2, 0.25) is 5.91 Å². The second kappa shape index (κ2) is 10.5. The van der Waals surface area contributed by atoms with Gasteiger partial charge in [0.25, 0.3) is 0 Å². The molecule has 7 nitrogen and oxygen atoms in total. The van der Waals surface area contributed by atoms with E-state index in [0.29, 0.717) is 4.90 Å². The number of hydrogen-bond acceptors (Lipinski definition) is 6. The molecule has 0 radical (unpaired) electrons. The molecular weight excluding hydrogens is 334 g/mol. The molecule has 1 aromatic carbocycles. The van der Waals surface area contributed by atoms with E-state index in [1.165, 1.54) is 14.2 Å². The van der Waals surface area contributed by atoms with E-state index in [9.17, 15) is 18.6 Å². The van der Waals surface area contributed by atoms with E-state index in [1.807, 2.05) is 6.07 Å². The number of carbonyl (C=O) groups excluding carboxylic acids is 3. The Hall–Kier alpha value is -2.22. The molecule has 0 fully saturated rings. The fourth-order valence-electron chi connectivity index (χ4n) is 1.89. The smallest absolute Gasteiger partial charge is 0.328 e. The topological polar surface area (TPSA) is 98.8 Å². The van der Waals surface area contributed by atoms with Crippen LogP contribution in [-0.4, -0.2) is 48.1 Å². The van der Waals surface area contributed by atoms with Gasteiger partial charge in [-0.2, -0.15) is 0 Å². The molecule has 0 aromatic heterocycles. The number of rotatable bonds is 9. The van der Waals surface area contributed by atoms with Crippen molar-refractivity contribution >= 4 is 28.6 Å². The third-order valence-corrected chi connectivity index (χ3v) is 4.61. The molecule has 132 valence electrons. The first-order valence-electron chi connectivity index (χ1n) is 7.35. The number of methoxy groups -OCH3 is 2. The van der Waals surface area contributed by atoms with Crippen molar-refractivity contribution in [2.75, 3.05) is 20.0 Å². The van der Waals surface area contributed by atoms with Crippen LogP contribution >= 0.6 is 0 Å². The number of hydrogen-bond donors (Lipinski definition) is 1. The van der Waals surface area contributed by atoms with Crippen molar-refractivity contribution in [2.24, 2.45) is 0 Å². The highest BCUT2D eigenvalue weighted by Crippen LogP contribution is 2.08. The number of ether oxygens (including phenoxy) is 2. The van der Waals surface area contributed by atoms with Gasteiger partial charge in [-0.25, -0.2) is 4.79 Å². The largest absolute Gasteiger partial charge is 0.469 e. The van der Waals surface area contributed by atoms with E-state index in [2.05, 4.69) is 14.8 Å². The molecule has 1 N–H and O–H groups in total. The van der Waals surface area contributed by atoms with Gasteiger partial charge in [0.05, 0.1) is 31.4 Å². The minimum Gasteiger partial charge on any atom is -0.469 e. The van der Waals surface area contributed by atoms with Crippen molar-refractivity contribution in [3.63, 3.8) is 0 Å². The maximum atomic E-state index is 12.2. The molecule has 24 heavy (non-hydrogen) atoms. The highest BCUT2D eigenvalue weighted by atomic mass is 32.2. The zero-order valence-electron chi connectivity index (χ0n) is 13.7. The minimum atomic E-state index is -1.28. The lowest BCUT2D eigenvalue weighted by atomic mass is 10.2. The van der Waals surface area contributed by atoms with E-state index in [1.54, 1.807) is 24.3 Å². The third kappa shape index (κ3) is 6.91. The molecular formula is C16H21NO6S. The zero-order valence-corrected chi connectivity index (χ0v) is 14.5. The maximum Gasteiger partial charge on any atom is 0.328 e. The van der Waals surface area contributed by atoms with Crippen LogP contribution in [0.1, 0.15) is 19.3 Å². The summed E-state index contributed by atoms with van der Waals surface area (Å²) >= 11 is 0. The summed E-state index contributed by atoms with van der Waals surface area (Å²) in [7, 11) is 1.16. The molecule has 0 saturated heterocycles. The van der Waals surface area contributed by atoms with Gasteiger partial charge in [-0.1, -0.05) is 18.2 Å². The Labute approximate surface area is 143 Å². The van der Waals surface area contributed by atoms with Gasteiger partial charge < -0.3 is 14.8 Å². The first kappa shape index (κ1) is 19.8. The summed E-state index contributed by atoms with van der Waals surface area (Å²) in [5.41, 5.74) is 0. The van der Waals surface area contributed by atoms with Gasteiger partial charge in [0.1, 0.15) is 6.04 Å². The normalized spacial score (nSPS) is 12.8. The minimum absolute atomic E-state index is 0.0772. The Kier molecular flexibility index (Phi) is 8.70. The van der Waals surface area contributed by atoms with Crippen LogP contribution in [0, 0.1) is 0 Å². The molecule has 0 spiro atoms. The van der Waals surface area contributed by atoms with Crippen LogP contribution in [0.2, 0.25) is 0 Å². The van der Waals surface area contributed by atoms with E-state index < -0.39 is 34.7 Å². The van der Waals surface area contributed by atoms with Crippen LogP contribution in [-0.2, 0) is 34.7 Å². The molecule has 0 unspecified atom stereocenters. The van der Waals surface area contributed by atoms with Crippen LogP contribution in [0.15, 0.2) is 35.2 Å². The van der Waals surface area contributed by atoms with Crippen LogP contribution < -0.4 is 5.32 Å². The zero-order chi connectivity index (χ0) is 17.9. The summed E-state index contributed by atoms with van der Waals surface area (Å²) in [6.45, 7) is 0. The van der Waals surface area contributed by atoms with E-state index >= 15 is 0 Å². The summed E-state index contributed by atoms with van der Waals surface area (Å²) in [4.78, 5) is 35.3. The second-order valence-corrected chi connectivity index (χ2v) is 6.44. The van der Waals surface area contributed by atoms with Crippen molar-refractivity contribution in [1.29, 1.82) is 0 Å². The van der Waals surface area contributed by atoms with Gasteiger partial charge in [-0.15, -0.1) is 0 Å². The fraction of sp³-hybridized carbons (Fsp3) is 0.438. The van der Waals surface area contributed by atoms with Crippen molar-refractivity contribution in [3.05, 3.63) is 30.3 Å². The number of esters is 2. The molecule has 1 amide bonds. The van der Waals surface area contributed by atoms with Gasteiger partial charge in [0.15, 0.2) is 0 Å². The standard InChI is InChI=1S/C16H21NO6S/c1-22-15(19)9-8-14(18)17-13(16(20)23-2)10-11-24(21)12-6-4-3-5-7-12/h3-7,13H,8-11H2,1-2H3,(H,17,18)/t13-,24+/m1/s1. The van der Waals surface area contributed by atoms with E-state index in [4.69, 9.17) is 0 Å². The average molecular weight is 355 g/mol. The lowest BCUT2D eigenvalue weighted by molar-refractivity contribution is -0.145. The Morgan fingerprint density at radius 3 is 2.33 bits per heavy atom. The van der Waals surface area contributed by atoms with E-state index in [-0.39, 0.29) is 25.0 Å². The summed E-state index contributed by atoms with van der Waals surface area (Å²) in [5.74, 6) is -1.40. The van der Waals surface area contributed by atoms with Crippen LogP contribution in [0.5, 0.6) is 0 Å². The highest BCUT2D eigenvalue weighted by molar-refractivity contribution is 7.85. The summed E-state index contributed by atoms with van der Waals surface area (Å²) in [5, 5.41) is 2.50. The van der Waals surface area contributed by atoms with Crippen molar-refractivity contribution in [1.82, 2.24) is 5.32 Å². The molecule has 2 atom stereocenters. The Morgan fingerprint density at radius 2 is 1.75 bits per heavy atom. The van der Waals surface area contributed by atoms with Crippen molar-refractivity contribution < 1.29 is 28.1 Å². The highest BCUT2D eigenvalue weighted by Gasteiger charge is 2.22. The molecule has 0 heterocycles. The first-order valence-corrected chi connectivity index (χ1v) is 8.67. The Bertz CT molecular complexity index is 589. The van der Waals surface area contributed by atoms with E-state index in [0.717, 1.165) is 0 Å². The fourth-order valence-corrected chi connectivity index (χ4v) is 3.04. The van der Waals surface area contributed by atoms with Crippen molar-refractivity contribution in [2.45, 2.75) is 30.2 Å². The SMILES string of the molecule is COC(=O)CCC(=O)N[C@H](CC[S@](=O)c1ccccc1)C(=O)OC. The lowest BCUT2D eigenvalue weighted by Gasteiger charge is -2.16. The molecule has 1 aromatic rings. The second-order valence-electron chi connectivity index (χ2n) is 4.87. The number of amides is 1. The van der Waals surface area contributed by atoms with Gasteiger partial charge in [0, 0.05) is 17.1 Å². The molecule has 0 bridgehead atoms. The van der Waals surface area contributed by atoms with Crippen molar-refractivity contribution in [3.8, 4) is 0 Å². The predicted molar refractivity (Wildman–Crippen MR) is 87.5 cm³/mol. The molecule has 0 aliphatic carbocycles. The molecule has 0 aliphatic heterocycles. The third-order valence-electron chi connectivity index (χ3n) is 3.20. The average Bonchev–Trinajstić information content (AvgIpc) is 2.62. The Morgan fingerprint density at radius 1 is 1.08 bits per heavy atom. The number of nitrogens with one attached hydrogen (secondary N) is 1. The Balaban J connectivity index is 2.56. The number of carbonyl (C=O) groups is 3. The maximum absolute atomic E-state index is 12.2. The summed E-state index contributed by atoms with van der Waals surface area (Å²) < 4.78 is 21.3. The summed E-state index contributed by atoms with van der Waals surface area (Å²) in [6, 6.07) is 7.93.